The van der Waals surface area contributed by atoms with Gasteiger partial charge in [-0.1, -0.05) is 54.6 Å². The summed E-state index contributed by atoms with van der Waals surface area (Å²) in [5, 5.41) is 3.19. The Morgan fingerprint density at radius 2 is 0.618 bits per heavy atom. The van der Waals surface area contributed by atoms with E-state index >= 15 is 0 Å². The first kappa shape index (κ1) is 24.6. The van der Waals surface area contributed by atoms with E-state index in [9.17, 15) is 14.4 Å². The third-order valence-electron chi connectivity index (χ3n) is 4.90. The van der Waals surface area contributed by atoms with Crippen molar-refractivity contribution in [2.75, 3.05) is 0 Å². The molecule has 7 heteroatoms. The van der Waals surface area contributed by atoms with Crippen LogP contribution in [0, 0.1) is 0 Å². The number of aromatic amines is 3. The van der Waals surface area contributed by atoms with Gasteiger partial charge in [0.25, 0.3) is 0 Å². The van der Waals surface area contributed by atoms with Crippen molar-refractivity contribution >= 4 is 52.5 Å². The van der Waals surface area contributed by atoms with Crippen LogP contribution in [-0.4, -0.2) is 34.7 Å². The van der Waals surface area contributed by atoms with Gasteiger partial charge >= 0.3 is 0 Å². The molecule has 0 bridgehead atoms. The maximum absolute atomic E-state index is 10.8. The summed E-state index contributed by atoms with van der Waals surface area (Å²) in [6, 6.07) is 33.1. The minimum Gasteiger partial charge on any atom is -0.322 e. The summed E-state index contributed by atoms with van der Waals surface area (Å²) in [5.41, 5.74) is 2.51. The van der Waals surface area contributed by atoms with Crippen molar-refractivity contribution in [3.8, 4) is 0 Å². The molecular weight excluding hydrogens is 484 g/mol. The van der Waals surface area contributed by atoms with Gasteiger partial charge in [0.15, 0.2) is 0 Å². The molecule has 6 rings (SSSR count). The Morgan fingerprint density at radius 3 is 0.912 bits per heavy atom. The van der Waals surface area contributed by atoms with Crippen LogP contribution < -0.4 is 16.7 Å². The molecular formula is C27H21GaN3O3. The Bertz CT molecular complexity index is 1500. The van der Waals surface area contributed by atoms with Crippen molar-refractivity contribution in [1.82, 2.24) is 15.0 Å². The molecule has 3 radical (unpaired) electrons. The zero-order chi connectivity index (χ0) is 23.0. The molecule has 0 fully saturated rings. The van der Waals surface area contributed by atoms with Crippen LogP contribution in [0.1, 0.15) is 0 Å². The second-order valence-corrected chi connectivity index (χ2v) is 7.23. The first-order valence-corrected chi connectivity index (χ1v) is 10.3. The van der Waals surface area contributed by atoms with Gasteiger partial charge in [-0.2, -0.15) is 0 Å². The predicted octanol–water partition coefficient (Wildman–Crippen LogP) is 4.20. The molecule has 0 atom stereocenters. The zero-order valence-electron chi connectivity index (χ0n) is 18.2. The minimum atomic E-state index is -0.0521. The van der Waals surface area contributed by atoms with Gasteiger partial charge < -0.3 is 15.0 Å². The van der Waals surface area contributed by atoms with E-state index in [1.54, 1.807) is 0 Å². The second-order valence-electron chi connectivity index (χ2n) is 7.23. The van der Waals surface area contributed by atoms with Crippen molar-refractivity contribution in [2.24, 2.45) is 0 Å². The summed E-state index contributed by atoms with van der Waals surface area (Å²) < 4.78 is 0. The monoisotopic (exact) mass is 504 g/mol. The second kappa shape index (κ2) is 11.7. The van der Waals surface area contributed by atoms with E-state index in [-0.39, 0.29) is 36.5 Å². The number of rotatable bonds is 0. The van der Waals surface area contributed by atoms with Crippen LogP contribution in [0.15, 0.2) is 124 Å². The molecule has 0 amide bonds. The molecule has 165 valence electrons. The smallest absolute Gasteiger partial charge is 0.248 e. The summed E-state index contributed by atoms with van der Waals surface area (Å²) in [5.74, 6) is 0. The molecule has 6 aromatic rings. The van der Waals surface area contributed by atoms with E-state index in [0.717, 1.165) is 32.7 Å². The number of hydrogen-bond acceptors (Lipinski definition) is 3. The van der Waals surface area contributed by atoms with E-state index in [2.05, 4.69) is 15.0 Å². The fraction of sp³-hybridized carbons (Fsp3) is 0. The molecule has 0 saturated heterocycles. The first-order chi connectivity index (χ1) is 16.1. The molecule has 0 aliphatic rings. The average Bonchev–Trinajstić information content (AvgIpc) is 2.84. The third-order valence-corrected chi connectivity index (χ3v) is 4.90. The first-order valence-electron chi connectivity index (χ1n) is 10.3. The molecule has 34 heavy (non-hydrogen) atoms. The van der Waals surface area contributed by atoms with Crippen molar-refractivity contribution in [3.63, 3.8) is 0 Å². The topological polar surface area (TPSA) is 98.6 Å². The van der Waals surface area contributed by atoms with E-state index in [1.807, 2.05) is 91.0 Å². The Balaban J connectivity index is 0.000000141. The number of para-hydroxylation sites is 3. The Kier molecular flexibility index (Phi) is 8.45. The molecule has 3 aromatic carbocycles. The standard InChI is InChI=1S/3C9H7NO.Ga/c3*11-9-6-5-7-3-1-2-4-8(7)10-9;/h3*1-6H,(H,10,11);. The Morgan fingerprint density at radius 1 is 0.353 bits per heavy atom. The number of benzene rings is 3. The SMILES string of the molecule is O=c1ccc2ccccc2[nH]1.O=c1ccc2ccccc2[nH]1.O=c1ccc2ccccc2[nH]1.[Ga]. The van der Waals surface area contributed by atoms with Crippen molar-refractivity contribution < 1.29 is 0 Å². The molecule has 0 spiro atoms. The normalized spacial score (nSPS) is 9.88. The molecule has 0 aliphatic heterocycles. The fourth-order valence-electron chi connectivity index (χ4n) is 3.29. The van der Waals surface area contributed by atoms with E-state index in [4.69, 9.17) is 0 Å². The molecule has 0 unspecified atom stereocenters. The van der Waals surface area contributed by atoms with E-state index < -0.39 is 0 Å². The summed E-state index contributed by atoms with van der Waals surface area (Å²) in [6.07, 6.45) is 0. The van der Waals surface area contributed by atoms with Crippen LogP contribution in [0.2, 0.25) is 0 Å². The zero-order valence-corrected chi connectivity index (χ0v) is 20.6. The Labute approximate surface area is 207 Å². The van der Waals surface area contributed by atoms with Crippen LogP contribution in [-0.2, 0) is 0 Å². The molecule has 0 saturated carbocycles. The number of nitrogens with one attached hydrogen (secondary N) is 3. The van der Waals surface area contributed by atoms with Gasteiger partial charge in [0.1, 0.15) is 0 Å². The van der Waals surface area contributed by atoms with Crippen LogP contribution in [0.3, 0.4) is 0 Å². The molecule has 3 N–H and O–H groups in total. The van der Waals surface area contributed by atoms with Crippen LogP contribution in [0.4, 0.5) is 0 Å². The third kappa shape index (κ3) is 6.47. The number of pyridine rings is 3. The van der Waals surface area contributed by atoms with E-state index in [1.165, 1.54) is 18.2 Å². The van der Waals surface area contributed by atoms with Gasteiger partial charge in [-0.3, -0.25) is 14.4 Å². The van der Waals surface area contributed by atoms with Gasteiger partial charge in [0.05, 0.1) is 0 Å². The van der Waals surface area contributed by atoms with Crippen molar-refractivity contribution in [1.29, 1.82) is 0 Å². The largest absolute Gasteiger partial charge is 0.322 e. The van der Waals surface area contributed by atoms with Crippen molar-refractivity contribution in [2.45, 2.75) is 0 Å². The predicted molar refractivity (Wildman–Crippen MR) is 139 cm³/mol. The fourth-order valence-corrected chi connectivity index (χ4v) is 3.29. The summed E-state index contributed by atoms with van der Waals surface area (Å²) >= 11 is 0. The average molecular weight is 505 g/mol. The molecule has 3 heterocycles. The number of H-pyrrole nitrogens is 3. The number of fused-ring (bicyclic) bond motifs is 3. The van der Waals surface area contributed by atoms with Gasteiger partial charge in [-0.05, 0) is 52.6 Å². The number of hydrogen-bond donors (Lipinski definition) is 3. The molecule has 6 nitrogen and oxygen atoms in total. The molecule has 0 aliphatic carbocycles. The van der Waals surface area contributed by atoms with Gasteiger partial charge in [0.2, 0.25) is 16.7 Å². The van der Waals surface area contributed by atoms with Gasteiger partial charge in [-0.25, -0.2) is 0 Å². The van der Waals surface area contributed by atoms with E-state index in [0.29, 0.717) is 0 Å². The van der Waals surface area contributed by atoms with Crippen LogP contribution in [0.25, 0.3) is 32.7 Å². The maximum atomic E-state index is 10.8. The number of aromatic nitrogens is 3. The van der Waals surface area contributed by atoms with Crippen molar-refractivity contribution in [3.05, 3.63) is 140 Å². The van der Waals surface area contributed by atoms with Gasteiger partial charge in [-0.15, -0.1) is 0 Å². The summed E-state index contributed by atoms with van der Waals surface area (Å²) in [6.45, 7) is 0. The van der Waals surface area contributed by atoms with Crippen LogP contribution >= 0.6 is 0 Å². The van der Waals surface area contributed by atoms with Gasteiger partial charge in [0, 0.05) is 54.5 Å². The maximum Gasteiger partial charge on any atom is 0.248 e. The van der Waals surface area contributed by atoms with Crippen LogP contribution in [0.5, 0.6) is 0 Å². The Hall–Kier alpha value is -4.07. The quantitative estimate of drug-likeness (QED) is 0.270. The minimum absolute atomic E-state index is 0. The summed E-state index contributed by atoms with van der Waals surface area (Å²) in [7, 11) is 0. The molecule has 3 aromatic heterocycles. The summed E-state index contributed by atoms with van der Waals surface area (Å²) in [4.78, 5) is 40.7.